The summed E-state index contributed by atoms with van der Waals surface area (Å²) in [6.45, 7) is 0. The predicted octanol–water partition coefficient (Wildman–Crippen LogP) is 1.78. The molecule has 2 aliphatic carbocycles. The van der Waals surface area contributed by atoms with Gasteiger partial charge in [-0.25, -0.2) is 4.68 Å². The minimum atomic E-state index is -0.458. The minimum absolute atomic E-state index is 0.0328. The van der Waals surface area contributed by atoms with E-state index in [1.807, 2.05) is 24.3 Å². The lowest BCUT2D eigenvalue weighted by Gasteiger charge is -2.35. The van der Waals surface area contributed by atoms with Crippen molar-refractivity contribution >= 4 is 23.4 Å². The van der Waals surface area contributed by atoms with Crippen LogP contribution in [-0.4, -0.2) is 37.8 Å². The third kappa shape index (κ3) is 3.91. The van der Waals surface area contributed by atoms with Crippen molar-refractivity contribution in [2.45, 2.75) is 37.4 Å². The molecule has 1 saturated carbocycles. The van der Waals surface area contributed by atoms with Gasteiger partial charge in [0.25, 0.3) is 5.91 Å². The van der Waals surface area contributed by atoms with Crippen molar-refractivity contribution in [2.75, 3.05) is 0 Å². The number of rotatable bonds is 5. The second kappa shape index (κ2) is 8.23. The Balaban J connectivity index is 1.30. The van der Waals surface area contributed by atoms with Gasteiger partial charge in [-0.3, -0.25) is 14.4 Å². The van der Waals surface area contributed by atoms with Crippen LogP contribution in [0.15, 0.2) is 53.6 Å². The summed E-state index contributed by atoms with van der Waals surface area (Å²) >= 11 is 5.89. The highest BCUT2D eigenvalue weighted by atomic mass is 35.5. The molecule has 9 nitrogen and oxygen atoms in total. The standard InChI is InChI=1S/C22H21ClN6O3/c23-19-11-15(30)10-18(25-19)22(32)27-20-16-4-2-1-3-12(16)9-17(20)26-21(31)13-7-14(8-13)29-6-5-24-28-29/h1-6,10-11,13-14,17,20H,7-9H2,(H,25,30)(H,26,31)(H,27,32)/t13?,14?,17-,20-/m1/s1. The van der Waals surface area contributed by atoms with Gasteiger partial charge < -0.3 is 15.6 Å². The van der Waals surface area contributed by atoms with Gasteiger partial charge in [-0.2, -0.15) is 0 Å². The molecule has 0 radical (unpaired) electrons. The molecule has 0 aliphatic heterocycles. The van der Waals surface area contributed by atoms with Gasteiger partial charge in [0.05, 0.1) is 24.3 Å². The number of carbonyl (C=O) groups excluding carboxylic acids is 2. The van der Waals surface area contributed by atoms with E-state index in [9.17, 15) is 14.4 Å². The van der Waals surface area contributed by atoms with Crippen LogP contribution in [0.5, 0.6) is 0 Å². The number of aromatic nitrogens is 4. The highest BCUT2D eigenvalue weighted by Crippen LogP contribution is 2.38. The summed E-state index contributed by atoms with van der Waals surface area (Å²) in [7, 11) is 0. The lowest BCUT2D eigenvalue weighted by Crippen LogP contribution is -2.48. The molecule has 3 N–H and O–H groups in total. The first-order valence-corrected chi connectivity index (χ1v) is 10.8. The molecule has 2 atom stereocenters. The number of carbonyl (C=O) groups is 2. The monoisotopic (exact) mass is 452 g/mol. The average molecular weight is 453 g/mol. The Morgan fingerprint density at radius 3 is 2.72 bits per heavy atom. The van der Waals surface area contributed by atoms with Crippen molar-refractivity contribution in [2.24, 2.45) is 5.92 Å². The van der Waals surface area contributed by atoms with E-state index in [1.54, 1.807) is 17.1 Å². The van der Waals surface area contributed by atoms with Gasteiger partial charge in [0.2, 0.25) is 5.91 Å². The van der Waals surface area contributed by atoms with E-state index >= 15 is 0 Å². The molecular weight excluding hydrogens is 432 g/mol. The third-order valence-electron chi connectivity index (χ3n) is 6.20. The summed E-state index contributed by atoms with van der Waals surface area (Å²) in [5.41, 5.74) is 1.73. The zero-order valence-electron chi connectivity index (χ0n) is 17.0. The fraction of sp³-hybridized carbons (Fsp3) is 0.318. The molecule has 0 bridgehead atoms. The number of pyridine rings is 1. The van der Waals surface area contributed by atoms with Gasteiger partial charge >= 0.3 is 0 Å². The van der Waals surface area contributed by atoms with E-state index in [2.05, 4.69) is 25.9 Å². The summed E-state index contributed by atoms with van der Waals surface area (Å²) in [5, 5.41) is 14.0. The Kier molecular flexibility index (Phi) is 5.26. The van der Waals surface area contributed by atoms with Crippen molar-refractivity contribution in [3.05, 3.63) is 81.0 Å². The lowest BCUT2D eigenvalue weighted by atomic mass is 9.79. The maximum atomic E-state index is 12.9. The van der Waals surface area contributed by atoms with Crippen LogP contribution >= 0.6 is 11.6 Å². The summed E-state index contributed by atoms with van der Waals surface area (Å²) in [6.07, 6.45) is 5.45. The number of fused-ring (bicyclic) bond motifs is 1. The van der Waals surface area contributed by atoms with Crippen LogP contribution in [0, 0.1) is 5.92 Å². The van der Waals surface area contributed by atoms with Crippen LogP contribution in [0.4, 0.5) is 0 Å². The number of benzene rings is 1. The SMILES string of the molecule is O=C(N[C@@H]1c2ccccc2C[C@H]1NC(=O)C1CC(n2ccnn2)C1)c1cc(=O)cc(Cl)[nH]1. The largest absolute Gasteiger partial charge is 0.350 e. The predicted molar refractivity (Wildman–Crippen MR) is 116 cm³/mol. The fourth-order valence-electron chi connectivity index (χ4n) is 4.49. The van der Waals surface area contributed by atoms with Crippen molar-refractivity contribution in [1.29, 1.82) is 0 Å². The number of hydrogen-bond acceptors (Lipinski definition) is 5. The number of halogens is 1. The van der Waals surface area contributed by atoms with Gasteiger partial charge in [-0.15, -0.1) is 5.10 Å². The molecule has 0 saturated heterocycles. The lowest BCUT2D eigenvalue weighted by molar-refractivity contribution is -0.129. The fourth-order valence-corrected chi connectivity index (χ4v) is 4.70. The van der Waals surface area contributed by atoms with Crippen LogP contribution in [0.2, 0.25) is 5.15 Å². The van der Waals surface area contributed by atoms with Crippen molar-refractivity contribution in [3.8, 4) is 0 Å². The van der Waals surface area contributed by atoms with E-state index in [1.165, 1.54) is 12.1 Å². The molecule has 3 aromatic rings. The minimum Gasteiger partial charge on any atom is -0.350 e. The highest BCUT2D eigenvalue weighted by Gasteiger charge is 2.40. The van der Waals surface area contributed by atoms with Crippen LogP contribution < -0.4 is 16.1 Å². The van der Waals surface area contributed by atoms with Gasteiger partial charge in [0, 0.05) is 24.2 Å². The number of aromatic amines is 1. The number of amides is 2. The number of H-pyrrole nitrogens is 1. The molecule has 5 rings (SSSR count). The normalized spacial score (nSPS) is 23.8. The molecule has 10 heteroatoms. The van der Waals surface area contributed by atoms with Gasteiger partial charge in [0.15, 0.2) is 5.43 Å². The van der Waals surface area contributed by atoms with E-state index < -0.39 is 11.9 Å². The highest BCUT2D eigenvalue weighted by molar-refractivity contribution is 6.29. The Morgan fingerprint density at radius 1 is 1.16 bits per heavy atom. The molecule has 1 aromatic carbocycles. The maximum absolute atomic E-state index is 12.9. The Hall–Kier alpha value is -3.46. The van der Waals surface area contributed by atoms with Gasteiger partial charge in [-0.05, 0) is 30.4 Å². The molecular formula is C22H21ClN6O3. The van der Waals surface area contributed by atoms with Crippen molar-refractivity contribution in [1.82, 2.24) is 30.6 Å². The van der Waals surface area contributed by atoms with Gasteiger partial charge in [-0.1, -0.05) is 41.1 Å². The first-order valence-electron chi connectivity index (χ1n) is 10.4. The Bertz CT molecular complexity index is 1220. The van der Waals surface area contributed by atoms with Crippen molar-refractivity contribution in [3.63, 3.8) is 0 Å². The number of nitrogens with zero attached hydrogens (tertiary/aromatic N) is 3. The summed E-state index contributed by atoms with van der Waals surface area (Å²) < 4.78 is 1.78. The molecule has 2 heterocycles. The first kappa shape index (κ1) is 20.4. The van der Waals surface area contributed by atoms with Crippen LogP contribution in [0.3, 0.4) is 0 Å². The number of hydrogen-bond donors (Lipinski definition) is 3. The van der Waals surface area contributed by atoms with Crippen LogP contribution in [0.25, 0.3) is 0 Å². The molecule has 32 heavy (non-hydrogen) atoms. The van der Waals surface area contributed by atoms with E-state index in [-0.39, 0.29) is 40.2 Å². The third-order valence-corrected chi connectivity index (χ3v) is 6.40. The Labute approximate surface area is 188 Å². The number of nitrogens with one attached hydrogen (secondary N) is 3. The summed E-state index contributed by atoms with van der Waals surface area (Å²) in [6, 6.07) is 9.65. The molecule has 2 aromatic heterocycles. The molecule has 0 spiro atoms. The second-order valence-electron chi connectivity index (χ2n) is 8.25. The second-order valence-corrected chi connectivity index (χ2v) is 8.66. The van der Waals surface area contributed by atoms with Crippen molar-refractivity contribution < 1.29 is 9.59 Å². The summed E-state index contributed by atoms with van der Waals surface area (Å²) in [4.78, 5) is 40.2. The molecule has 2 aliphatic rings. The maximum Gasteiger partial charge on any atom is 0.268 e. The zero-order valence-corrected chi connectivity index (χ0v) is 17.7. The van der Waals surface area contributed by atoms with E-state index in [4.69, 9.17) is 11.6 Å². The van der Waals surface area contributed by atoms with E-state index in [0.717, 1.165) is 11.1 Å². The zero-order chi connectivity index (χ0) is 22.2. The molecule has 2 amide bonds. The van der Waals surface area contributed by atoms with Crippen LogP contribution in [-0.2, 0) is 11.2 Å². The summed E-state index contributed by atoms with van der Waals surface area (Å²) in [5.74, 6) is -0.594. The quantitative estimate of drug-likeness (QED) is 0.509. The Morgan fingerprint density at radius 2 is 1.97 bits per heavy atom. The van der Waals surface area contributed by atoms with Gasteiger partial charge in [0.1, 0.15) is 10.8 Å². The van der Waals surface area contributed by atoms with E-state index in [0.29, 0.717) is 19.3 Å². The molecule has 0 unspecified atom stereocenters. The first-order chi connectivity index (χ1) is 15.5. The smallest absolute Gasteiger partial charge is 0.268 e. The van der Waals surface area contributed by atoms with Crippen LogP contribution in [0.1, 0.15) is 46.5 Å². The average Bonchev–Trinajstić information content (AvgIpc) is 3.35. The molecule has 164 valence electrons. The molecule has 1 fully saturated rings. The topological polar surface area (TPSA) is 122 Å².